The van der Waals surface area contributed by atoms with Crippen molar-refractivity contribution in [1.82, 2.24) is 0 Å². The molecule has 1 fully saturated rings. The molecule has 6 nitrogen and oxygen atoms in total. The summed E-state index contributed by atoms with van der Waals surface area (Å²) in [6.45, 7) is 8.05. The number of carbonyl (C=O) groups is 1. The summed E-state index contributed by atoms with van der Waals surface area (Å²) < 4.78 is 10.8. The van der Waals surface area contributed by atoms with Crippen LogP contribution >= 0.6 is 0 Å². The van der Waals surface area contributed by atoms with Crippen molar-refractivity contribution in [2.45, 2.75) is 25.9 Å². The molecule has 0 saturated carbocycles. The van der Waals surface area contributed by atoms with Gasteiger partial charge >= 0.3 is 0 Å². The Balaban J connectivity index is 1.33. The number of anilines is 1. The lowest BCUT2D eigenvalue weighted by molar-refractivity contribution is -1.02. The maximum Gasteiger partial charge on any atom is 0.284 e. The third-order valence-corrected chi connectivity index (χ3v) is 6.64. The second kappa shape index (κ2) is 9.06. The summed E-state index contributed by atoms with van der Waals surface area (Å²) in [5.74, 6) is 1.81. The summed E-state index contributed by atoms with van der Waals surface area (Å²) in [4.78, 5) is 18.1. The minimum atomic E-state index is -0.00112. The van der Waals surface area contributed by atoms with Gasteiger partial charge in [-0.1, -0.05) is 18.2 Å². The average Bonchev–Trinajstić information content (AvgIpc) is 3.22. The van der Waals surface area contributed by atoms with Gasteiger partial charge in [-0.3, -0.25) is 4.79 Å². The summed E-state index contributed by atoms with van der Waals surface area (Å²) >= 11 is 0. The van der Waals surface area contributed by atoms with Crippen molar-refractivity contribution in [2.24, 2.45) is 0 Å². The van der Waals surface area contributed by atoms with Crippen molar-refractivity contribution in [3.05, 3.63) is 53.6 Å². The van der Waals surface area contributed by atoms with E-state index in [1.165, 1.54) is 16.0 Å². The SMILES string of the molecule is COc1ccc(C[NH+]2CC[NH+]([C@@H](C)C(=O)N3CCc4ccccc43)CC2)cc1OC. The molecule has 2 aliphatic rings. The predicted molar refractivity (Wildman–Crippen MR) is 117 cm³/mol. The number of piperazine rings is 1. The lowest BCUT2D eigenvalue weighted by atomic mass is 10.1. The van der Waals surface area contributed by atoms with Crippen LogP contribution in [-0.4, -0.2) is 58.9 Å². The molecule has 1 atom stereocenters. The minimum Gasteiger partial charge on any atom is -0.493 e. The van der Waals surface area contributed by atoms with Crippen LogP contribution in [0.5, 0.6) is 11.5 Å². The zero-order chi connectivity index (χ0) is 21.1. The fraction of sp³-hybridized carbons (Fsp3) is 0.458. The van der Waals surface area contributed by atoms with E-state index in [0.717, 1.165) is 62.9 Å². The van der Waals surface area contributed by atoms with Crippen LogP contribution in [0.3, 0.4) is 0 Å². The number of rotatable bonds is 6. The molecule has 2 aliphatic heterocycles. The fourth-order valence-electron chi connectivity index (χ4n) is 4.79. The van der Waals surface area contributed by atoms with Gasteiger partial charge in [-0.25, -0.2) is 0 Å². The Morgan fingerprint density at radius 1 is 1.03 bits per heavy atom. The number of amides is 1. The first-order chi connectivity index (χ1) is 14.6. The van der Waals surface area contributed by atoms with Gasteiger partial charge < -0.3 is 24.2 Å². The molecule has 2 aromatic rings. The first-order valence-electron chi connectivity index (χ1n) is 10.9. The number of benzene rings is 2. The molecule has 2 heterocycles. The first-order valence-corrected chi connectivity index (χ1v) is 10.9. The molecule has 0 spiro atoms. The van der Waals surface area contributed by atoms with Crippen molar-refractivity contribution >= 4 is 11.6 Å². The molecule has 0 aromatic heterocycles. The highest BCUT2D eigenvalue weighted by molar-refractivity contribution is 5.97. The Kier molecular flexibility index (Phi) is 6.25. The monoisotopic (exact) mass is 411 g/mol. The largest absolute Gasteiger partial charge is 0.493 e. The van der Waals surface area contributed by atoms with Crippen LogP contribution in [0, 0.1) is 0 Å². The van der Waals surface area contributed by atoms with Gasteiger partial charge in [0.05, 0.1) is 14.2 Å². The summed E-state index contributed by atoms with van der Waals surface area (Å²) in [5, 5.41) is 0. The molecular weight excluding hydrogens is 378 g/mol. The number of fused-ring (bicyclic) bond motifs is 1. The number of quaternary nitrogens is 2. The van der Waals surface area contributed by atoms with Crippen LogP contribution in [0.4, 0.5) is 5.69 Å². The molecule has 1 amide bonds. The standard InChI is InChI=1S/C24H31N3O3/c1-18(24(28)27-11-10-20-6-4-5-7-21(20)27)26-14-12-25(13-15-26)17-19-8-9-22(29-2)23(16-19)30-3/h4-9,16,18H,10-15,17H2,1-3H3/p+2/t18-/m0/s1. The number of nitrogens with zero attached hydrogens (tertiary/aromatic N) is 1. The summed E-state index contributed by atoms with van der Waals surface area (Å²) in [7, 11) is 3.34. The van der Waals surface area contributed by atoms with E-state index in [2.05, 4.69) is 37.3 Å². The van der Waals surface area contributed by atoms with Crippen LogP contribution in [0.15, 0.2) is 42.5 Å². The van der Waals surface area contributed by atoms with E-state index in [0.29, 0.717) is 0 Å². The van der Waals surface area contributed by atoms with Gasteiger partial charge in [0.1, 0.15) is 32.7 Å². The number of hydrogen-bond donors (Lipinski definition) is 2. The average molecular weight is 412 g/mol. The van der Waals surface area contributed by atoms with Gasteiger partial charge in [-0.05, 0) is 43.2 Å². The van der Waals surface area contributed by atoms with Gasteiger partial charge in [-0.2, -0.15) is 0 Å². The molecule has 4 rings (SSSR count). The predicted octanol–water partition coefficient (Wildman–Crippen LogP) is -0.0350. The number of methoxy groups -OCH3 is 2. The van der Waals surface area contributed by atoms with Crippen molar-refractivity contribution in [3.63, 3.8) is 0 Å². The second-order valence-corrected chi connectivity index (χ2v) is 8.36. The van der Waals surface area contributed by atoms with Crippen LogP contribution in [0.1, 0.15) is 18.1 Å². The van der Waals surface area contributed by atoms with Crippen LogP contribution in [0.2, 0.25) is 0 Å². The summed E-state index contributed by atoms with van der Waals surface area (Å²) in [6.07, 6.45) is 0.965. The Bertz CT molecular complexity index is 893. The molecule has 0 aliphatic carbocycles. The van der Waals surface area contributed by atoms with Crippen molar-refractivity contribution in [2.75, 3.05) is 51.8 Å². The highest BCUT2D eigenvalue weighted by Gasteiger charge is 2.36. The van der Waals surface area contributed by atoms with Crippen molar-refractivity contribution in [1.29, 1.82) is 0 Å². The molecule has 30 heavy (non-hydrogen) atoms. The third kappa shape index (κ3) is 4.16. The number of nitrogens with one attached hydrogen (secondary N) is 2. The second-order valence-electron chi connectivity index (χ2n) is 8.36. The lowest BCUT2D eigenvalue weighted by Gasteiger charge is -2.34. The molecule has 2 aromatic carbocycles. The fourth-order valence-corrected chi connectivity index (χ4v) is 4.79. The molecule has 6 heteroatoms. The van der Waals surface area contributed by atoms with E-state index < -0.39 is 0 Å². The number of ether oxygens (including phenoxy) is 2. The molecule has 160 valence electrons. The van der Waals surface area contributed by atoms with E-state index in [4.69, 9.17) is 9.47 Å². The minimum absolute atomic E-state index is 0.00112. The highest BCUT2D eigenvalue weighted by atomic mass is 16.5. The maximum atomic E-state index is 13.2. The molecule has 2 N–H and O–H groups in total. The van der Waals surface area contributed by atoms with Gasteiger partial charge in [-0.15, -0.1) is 0 Å². The van der Waals surface area contributed by atoms with Gasteiger partial charge in [0.15, 0.2) is 17.5 Å². The number of carbonyl (C=O) groups excluding carboxylic acids is 1. The molecular formula is C24H33N3O3+2. The maximum absolute atomic E-state index is 13.2. The van der Waals surface area contributed by atoms with Crippen LogP contribution in [-0.2, 0) is 17.8 Å². The molecule has 0 unspecified atom stereocenters. The quantitative estimate of drug-likeness (QED) is 0.702. The Morgan fingerprint density at radius 3 is 2.50 bits per heavy atom. The third-order valence-electron chi connectivity index (χ3n) is 6.64. The van der Waals surface area contributed by atoms with E-state index in [1.807, 2.05) is 17.0 Å². The Morgan fingerprint density at radius 2 is 1.77 bits per heavy atom. The van der Waals surface area contributed by atoms with Crippen molar-refractivity contribution in [3.8, 4) is 11.5 Å². The topological polar surface area (TPSA) is 47.7 Å². The smallest absolute Gasteiger partial charge is 0.284 e. The Labute approximate surface area is 179 Å². The normalized spacial score (nSPS) is 21.8. The van der Waals surface area contributed by atoms with Gasteiger partial charge in [0.2, 0.25) is 0 Å². The Hall–Kier alpha value is -2.57. The molecule has 0 radical (unpaired) electrons. The molecule has 1 saturated heterocycles. The zero-order valence-electron chi connectivity index (χ0n) is 18.2. The van der Waals surface area contributed by atoms with Crippen LogP contribution < -0.4 is 24.2 Å². The van der Waals surface area contributed by atoms with Crippen molar-refractivity contribution < 1.29 is 24.1 Å². The molecule has 0 bridgehead atoms. The van der Waals surface area contributed by atoms with E-state index >= 15 is 0 Å². The zero-order valence-corrected chi connectivity index (χ0v) is 18.2. The summed E-state index contributed by atoms with van der Waals surface area (Å²) in [6, 6.07) is 14.5. The van der Waals surface area contributed by atoms with E-state index in [1.54, 1.807) is 19.1 Å². The van der Waals surface area contributed by atoms with Crippen LogP contribution in [0.25, 0.3) is 0 Å². The first kappa shape index (κ1) is 20.7. The van der Waals surface area contributed by atoms with E-state index in [-0.39, 0.29) is 11.9 Å². The van der Waals surface area contributed by atoms with Gasteiger partial charge in [0.25, 0.3) is 5.91 Å². The van der Waals surface area contributed by atoms with E-state index in [9.17, 15) is 4.79 Å². The summed E-state index contributed by atoms with van der Waals surface area (Å²) in [5.41, 5.74) is 3.65. The van der Waals surface area contributed by atoms with Gasteiger partial charge in [0, 0.05) is 17.8 Å². The lowest BCUT2D eigenvalue weighted by Crippen LogP contribution is -3.29. The number of para-hydroxylation sites is 1. The highest BCUT2D eigenvalue weighted by Crippen LogP contribution is 2.28. The number of hydrogen-bond acceptors (Lipinski definition) is 3.